The van der Waals surface area contributed by atoms with E-state index >= 15 is 0 Å². The first kappa shape index (κ1) is 11.9. The van der Waals surface area contributed by atoms with Crippen molar-refractivity contribution in [2.24, 2.45) is 5.92 Å². The third kappa shape index (κ3) is 3.48. The number of carbonyl (C=O) groups is 1. The van der Waals surface area contributed by atoms with Crippen molar-refractivity contribution < 1.29 is 9.53 Å². The molecule has 0 aliphatic heterocycles. The fraction of sp³-hybridized carbons (Fsp3) is 0.923. The Balaban J connectivity index is 1.77. The lowest BCUT2D eigenvalue weighted by Gasteiger charge is -2.24. The quantitative estimate of drug-likeness (QED) is 0.649. The number of hydrogen-bond donors (Lipinski definition) is 0. The van der Waals surface area contributed by atoms with Crippen LogP contribution in [0.4, 0.5) is 0 Å². The summed E-state index contributed by atoms with van der Waals surface area (Å²) in [6.07, 6.45) is 8.00. The zero-order chi connectivity index (χ0) is 11.4. The molecule has 0 amide bonds. The summed E-state index contributed by atoms with van der Waals surface area (Å²) in [7, 11) is 0. The van der Waals surface area contributed by atoms with Crippen LogP contribution in [0.5, 0.6) is 0 Å². The molecule has 3 heteroatoms. The Morgan fingerprint density at radius 2 is 1.94 bits per heavy atom. The van der Waals surface area contributed by atoms with E-state index in [1.165, 1.54) is 38.5 Å². The van der Waals surface area contributed by atoms with Crippen LogP contribution in [-0.4, -0.2) is 36.6 Å². The molecule has 0 aromatic heterocycles. The summed E-state index contributed by atoms with van der Waals surface area (Å²) in [6, 6.07) is 0.671. The maximum Gasteiger partial charge on any atom is 0.320 e. The Morgan fingerprint density at radius 3 is 2.50 bits per heavy atom. The molecule has 2 aliphatic carbocycles. The summed E-state index contributed by atoms with van der Waals surface area (Å²) < 4.78 is 5.03. The molecule has 0 aromatic rings. The number of nitrogens with zero attached hydrogens (tertiary/aromatic N) is 1. The molecule has 2 rings (SSSR count). The van der Waals surface area contributed by atoms with Gasteiger partial charge >= 0.3 is 5.97 Å². The second-order valence-electron chi connectivity index (χ2n) is 5.12. The number of hydrogen-bond acceptors (Lipinski definition) is 3. The summed E-state index contributed by atoms with van der Waals surface area (Å²) in [6.45, 7) is 4.00. The molecular weight excluding hydrogens is 202 g/mol. The van der Waals surface area contributed by atoms with Gasteiger partial charge in [0.1, 0.15) is 0 Å². The molecule has 0 aromatic carbocycles. The van der Waals surface area contributed by atoms with Gasteiger partial charge < -0.3 is 4.74 Å². The monoisotopic (exact) mass is 225 g/mol. The van der Waals surface area contributed by atoms with Gasteiger partial charge in [0.05, 0.1) is 13.2 Å². The fourth-order valence-electron chi connectivity index (χ4n) is 2.68. The Morgan fingerprint density at radius 1 is 1.25 bits per heavy atom. The Bertz CT molecular complexity index is 232. The fourth-order valence-corrected chi connectivity index (χ4v) is 2.68. The predicted molar refractivity (Wildman–Crippen MR) is 63.2 cm³/mol. The van der Waals surface area contributed by atoms with Crippen LogP contribution in [-0.2, 0) is 9.53 Å². The average Bonchev–Trinajstić information content (AvgIpc) is 2.98. The lowest BCUT2D eigenvalue weighted by Crippen LogP contribution is -2.36. The highest BCUT2D eigenvalue weighted by Gasteiger charge is 2.32. The van der Waals surface area contributed by atoms with Crippen molar-refractivity contribution in [1.82, 2.24) is 4.90 Å². The first-order valence-corrected chi connectivity index (χ1v) is 6.69. The van der Waals surface area contributed by atoms with Crippen LogP contribution >= 0.6 is 0 Å². The number of rotatable bonds is 6. The minimum atomic E-state index is -0.0487. The minimum Gasteiger partial charge on any atom is -0.465 e. The summed E-state index contributed by atoms with van der Waals surface area (Å²) >= 11 is 0. The van der Waals surface area contributed by atoms with Crippen molar-refractivity contribution in [2.45, 2.75) is 51.5 Å². The van der Waals surface area contributed by atoms with Crippen LogP contribution in [0.3, 0.4) is 0 Å². The van der Waals surface area contributed by atoms with Crippen molar-refractivity contribution in [3.63, 3.8) is 0 Å². The number of ether oxygens (including phenoxy) is 1. The molecule has 0 N–H and O–H groups in total. The van der Waals surface area contributed by atoms with Gasteiger partial charge in [0, 0.05) is 12.6 Å². The zero-order valence-corrected chi connectivity index (χ0v) is 10.3. The van der Waals surface area contributed by atoms with Gasteiger partial charge in [-0.05, 0) is 38.5 Å². The van der Waals surface area contributed by atoms with Gasteiger partial charge in [-0.1, -0.05) is 12.8 Å². The second kappa shape index (κ2) is 5.67. The molecule has 3 nitrogen and oxygen atoms in total. The molecule has 16 heavy (non-hydrogen) atoms. The standard InChI is InChI=1S/C13H23NO2/c1-2-16-13(15)10-14(12-7-8-12)9-11-5-3-4-6-11/h11-12H,2-10H2,1H3. The Kier molecular flexibility index (Phi) is 4.22. The highest BCUT2D eigenvalue weighted by Crippen LogP contribution is 2.31. The van der Waals surface area contributed by atoms with Gasteiger partial charge in [-0.15, -0.1) is 0 Å². The van der Waals surface area contributed by atoms with Gasteiger partial charge in [0.2, 0.25) is 0 Å². The molecule has 0 bridgehead atoms. The molecule has 0 radical (unpaired) electrons. The van der Waals surface area contributed by atoms with E-state index in [9.17, 15) is 4.79 Å². The van der Waals surface area contributed by atoms with Crippen molar-refractivity contribution in [1.29, 1.82) is 0 Å². The topological polar surface area (TPSA) is 29.5 Å². The third-order valence-corrected chi connectivity index (χ3v) is 3.67. The van der Waals surface area contributed by atoms with Gasteiger partial charge in [-0.2, -0.15) is 0 Å². The average molecular weight is 225 g/mol. The first-order chi connectivity index (χ1) is 7.79. The van der Waals surface area contributed by atoms with Crippen molar-refractivity contribution >= 4 is 5.97 Å². The molecule has 0 heterocycles. The summed E-state index contributed by atoms with van der Waals surface area (Å²) in [5.74, 6) is 0.780. The molecule has 2 aliphatic rings. The van der Waals surface area contributed by atoms with Crippen molar-refractivity contribution in [2.75, 3.05) is 19.7 Å². The van der Waals surface area contributed by atoms with Crippen LogP contribution in [0, 0.1) is 5.92 Å². The molecule has 2 fully saturated rings. The van der Waals surface area contributed by atoms with E-state index in [4.69, 9.17) is 4.74 Å². The van der Waals surface area contributed by atoms with E-state index in [2.05, 4.69) is 4.90 Å². The molecule has 2 saturated carbocycles. The van der Waals surface area contributed by atoms with Gasteiger partial charge in [-0.25, -0.2) is 0 Å². The van der Waals surface area contributed by atoms with Crippen LogP contribution in [0.25, 0.3) is 0 Å². The minimum absolute atomic E-state index is 0.0487. The van der Waals surface area contributed by atoms with Gasteiger partial charge in [0.25, 0.3) is 0 Å². The smallest absolute Gasteiger partial charge is 0.320 e. The van der Waals surface area contributed by atoms with Crippen molar-refractivity contribution in [3.8, 4) is 0 Å². The SMILES string of the molecule is CCOC(=O)CN(CC1CCCC1)C1CC1. The summed E-state index contributed by atoms with van der Waals surface area (Å²) in [5, 5.41) is 0. The van der Waals surface area contributed by atoms with Crippen LogP contribution in [0.1, 0.15) is 45.4 Å². The van der Waals surface area contributed by atoms with E-state index in [0.717, 1.165) is 12.5 Å². The molecule has 0 unspecified atom stereocenters. The van der Waals surface area contributed by atoms with E-state index in [0.29, 0.717) is 19.2 Å². The number of carbonyl (C=O) groups excluding carboxylic acids is 1. The van der Waals surface area contributed by atoms with Gasteiger partial charge in [0.15, 0.2) is 0 Å². The van der Waals surface area contributed by atoms with E-state index in [1.807, 2.05) is 6.92 Å². The summed E-state index contributed by atoms with van der Waals surface area (Å²) in [4.78, 5) is 13.9. The summed E-state index contributed by atoms with van der Waals surface area (Å²) in [5.41, 5.74) is 0. The maximum absolute atomic E-state index is 11.5. The molecular formula is C13H23NO2. The van der Waals surface area contributed by atoms with Crippen molar-refractivity contribution in [3.05, 3.63) is 0 Å². The lowest BCUT2D eigenvalue weighted by molar-refractivity contribution is -0.144. The predicted octanol–water partition coefficient (Wildman–Crippen LogP) is 2.20. The number of esters is 1. The van der Waals surface area contributed by atoms with Crippen LogP contribution < -0.4 is 0 Å². The molecule has 0 saturated heterocycles. The lowest BCUT2D eigenvalue weighted by atomic mass is 10.1. The maximum atomic E-state index is 11.5. The Hall–Kier alpha value is -0.570. The van der Waals surface area contributed by atoms with E-state index < -0.39 is 0 Å². The van der Waals surface area contributed by atoms with E-state index in [-0.39, 0.29) is 5.97 Å². The molecule has 0 atom stereocenters. The van der Waals surface area contributed by atoms with E-state index in [1.54, 1.807) is 0 Å². The van der Waals surface area contributed by atoms with Crippen LogP contribution in [0.2, 0.25) is 0 Å². The first-order valence-electron chi connectivity index (χ1n) is 6.69. The largest absolute Gasteiger partial charge is 0.465 e. The molecule has 92 valence electrons. The highest BCUT2D eigenvalue weighted by atomic mass is 16.5. The van der Waals surface area contributed by atoms with Gasteiger partial charge in [-0.3, -0.25) is 9.69 Å². The third-order valence-electron chi connectivity index (χ3n) is 3.67. The second-order valence-corrected chi connectivity index (χ2v) is 5.12. The highest BCUT2D eigenvalue weighted by molar-refractivity contribution is 5.71. The van der Waals surface area contributed by atoms with Crippen LogP contribution in [0.15, 0.2) is 0 Å². The molecule has 0 spiro atoms. The Labute approximate surface area is 98.1 Å². The zero-order valence-electron chi connectivity index (χ0n) is 10.3. The normalized spacial score (nSPS) is 21.6.